The fourth-order valence-electron chi connectivity index (χ4n) is 2.73. The van der Waals surface area contributed by atoms with E-state index in [9.17, 15) is 4.79 Å². The van der Waals surface area contributed by atoms with Crippen LogP contribution in [0.3, 0.4) is 0 Å². The van der Waals surface area contributed by atoms with Gasteiger partial charge < -0.3 is 15.4 Å². The summed E-state index contributed by atoms with van der Waals surface area (Å²) in [5.41, 5.74) is 1.51. The largest absolute Gasteiger partial charge is 0.488 e. The van der Waals surface area contributed by atoms with Crippen molar-refractivity contribution >= 4 is 36.0 Å². The summed E-state index contributed by atoms with van der Waals surface area (Å²) in [6, 6.07) is 5.43. The Labute approximate surface area is 141 Å². The lowest BCUT2D eigenvalue weighted by atomic mass is 9.99. The van der Waals surface area contributed by atoms with Crippen molar-refractivity contribution in [2.75, 3.05) is 26.2 Å². The summed E-state index contributed by atoms with van der Waals surface area (Å²) < 4.78 is 5.60. The lowest BCUT2D eigenvalue weighted by Gasteiger charge is -2.23. The Morgan fingerprint density at radius 3 is 3.09 bits per heavy atom. The van der Waals surface area contributed by atoms with E-state index in [0.717, 1.165) is 24.4 Å². The minimum Gasteiger partial charge on any atom is -0.488 e. The fraction of sp³-hybridized carbons (Fsp3) is 0.438. The number of carbonyl (C=O) groups is 1. The van der Waals surface area contributed by atoms with Crippen molar-refractivity contribution in [1.82, 2.24) is 10.6 Å². The average Bonchev–Trinajstić information content (AvgIpc) is 2.53. The highest BCUT2D eigenvalue weighted by atomic mass is 35.5. The topological polar surface area (TPSA) is 50.4 Å². The van der Waals surface area contributed by atoms with Crippen LogP contribution in [-0.4, -0.2) is 32.1 Å². The van der Waals surface area contributed by atoms with Crippen molar-refractivity contribution in [2.24, 2.45) is 5.92 Å². The van der Waals surface area contributed by atoms with Gasteiger partial charge in [0, 0.05) is 17.1 Å². The van der Waals surface area contributed by atoms with Crippen molar-refractivity contribution in [1.29, 1.82) is 0 Å². The Morgan fingerprint density at radius 1 is 1.45 bits per heavy atom. The molecule has 1 aromatic carbocycles. The molecule has 2 heterocycles. The van der Waals surface area contributed by atoms with Crippen molar-refractivity contribution in [3.63, 3.8) is 0 Å². The van der Waals surface area contributed by atoms with Crippen LogP contribution in [0.15, 0.2) is 23.8 Å². The van der Waals surface area contributed by atoms with E-state index >= 15 is 0 Å². The number of ether oxygens (including phenoxy) is 1. The van der Waals surface area contributed by atoms with Crippen molar-refractivity contribution in [2.45, 2.75) is 12.8 Å². The van der Waals surface area contributed by atoms with Crippen LogP contribution in [0.25, 0.3) is 6.08 Å². The van der Waals surface area contributed by atoms with Crippen LogP contribution in [0, 0.1) is 5.92 Å². The number of rotatable bonds is 3. The number of halogens is 2. The number of hydrogen-bond donors (Lipinski definition) is 2. The van der Waals surface area contributed by atoms with E-state index in [1.54, 1.807) is 6.07 Å². The smallest absolute Gasteiger partial charge is 0.250 e. The highest BCUT2D eigenvalue weighted by Crippen LogP contribution is 2.28. The van der Waals surface area contributed by atoms with E-state index in [2.05, 4.69) is 10.6 Å². The molecule has 0 spiro atoms. The molecular weight excluding hydrogens is 323 g/mol. The highest BCUT2D eigenvalue weighted by molar-refractivity contribution is 6.30. The van der Waals surface area contributed by atoms with Crippen LogP contribution in [0.1, 0.15) is 18.4 Å². The summed E-state index contributed by atoms with van der Waals surface area (Å²) >= 11 is 5.97. The zero-order valence-electron chi connectivity index (χ0n) is 12.2. The number of nitrogens with one attached hydrogen (secondary N) is 2. The van der Waals surface area contributed by atoms with Crippen LogP contribution in [0.5, 0.6) is 5.75 Å². The average molecular weight is 343 g/mol. The van der Waals surface area contributed by atoms with Crippen LogP contribution >= 0.6 is 24.0 Å². The molecule has 2 aliphatic heterocycles. The predicted octanol–water partition coefficient (Wildman–Crippen LogP) is 2.65. The quantitative estimate of drug-likeness (QED) is 0.887. The first-order valence-corrected chi connectivity index (χ1v) is 7.72. The monoisotopic (exact) mass is 342 g/mol. The first-order chi connectivity index (χ1) is 10.2. The molecule has 22 heavy (non-hydrogen) atoms. The van der Waals surface area contributed by atoms with Crippen LogP contribution in [0.4, 0.5) is 0 Å². The zero-order valence-corrected chi connectivity index (χ0v) is 13.8. The number of amides is 1. The minimum absolute atomic E-state index is 0. The van der Waals surface area contributed by atoms with Gasteiger partial charge in [0.2, 0.25) is 0 Å². The van der Waals surface area contributed by atoms with Gasteiger partial charge in [0.15, 0.2) is 0 Å². The Balaban J connectivity index is 0.00000176. The summed E-state index contributed by atoms with van der Waals surface area (Å²) in [6.45, 7) is 3.09. The summed E-state index contributed by atoms with van der Waals surface area (Å²) in [6.07, 6.45) is 4.21. The molecule has 1 aromatic rings. The van der Waals surface area contributed by atoms with E-state index in [0.29, 0.717) is 29.7 Å². The molecule has 6 heteroatoms. The molecule has 2 aliphatic rings. The van der Waals surface area contributed by atoms with Crippen LogP contribution < -0.4 is 15.4 Å². The SMILES string of the molecule is Cl.O=C(NCC1CCCNC1)C1=Cc2cc(Cl)ccc2OC1. The molecule has 120 valence electrons. The first kappa shape index (κ1) is 17.1. The zero-order chi connectivity index (χ0) is 14.7. The number of fused-ring (bicyclic) bond motifs is 1. The van der Waals surface area contributed by atoms with Gasteiger partial charge in [-0.1, -0.05) is 11.6 Å². The Hall–Kier alpha value is -1.23. The van der Waals surface area contributed by atoms with Crippen LogP contribution in [0.2, 0.25) is 5.02 Å². The molecule has 0 aliphatic carbocycles. The third-order valence-electron chi connectivity index (χ3n) is 3.93. The van der Waals surface area contributed by atoms with Gasteiger partial charge in [-0.05, 0) is 56.1 Å². The third kappa shape index (κ3) is 4.15. The third-order valence-corrected chi connectivity index (χ3v) is 4.16. The Morgan fingerprint density at radius 2 is 2.32 bits per heavy atom. The number of benzene rings is 1. The van der Waals surface area contributed by atoms with Gasteiger partial charge >= 0.3 is 0 Å². The number of hydrogen-bond acceptors (Lipinski definition) is 3. The molecule has 0 aromatic heterocycles. The molecular formula is C16H20Cl2N2O2. The summed E-state index contributed by atoms with van der Waals surface area (Å²) in [7, 11) is 0. The molecule has 1 unspecified atom stereocenters. The second-order valence-electron chi connectivity index (χ2n) is 5.56. The second kappa shape index (κ2) is 7.86. The normalized spacial score (nSPS) is 20.0. The lowest BCUT2D eigenvalue weighted by molar-refractivity contribution is -0.118. The Bertz CT molecular complexity index is 569. The molecule has 1 saturated heterocycles. The van der Waals surface area contributed by atoms with Crippen molar-refractivity contribution < 1.29 is 9.53 Å². The van der Waals surface area contributed by atoms with Gasteiger partial charge in [-0.25, -0.2) is 0 Å². The molecule has 1 fully saturated rings. The van der Waals surface area contributed by atoms with Gasteiger partial charge in [0.05, 0.1) is 5.57 Å². The molecule has 0 saturated carbocycles. The van der Waals surface area contributed by atoms with Crippen molar-refractivity contribution in [3.8, 4) is 5.75 Å². The van der Waals surface area contributed by atoms with E-state index < -0.39 is 0 Å². The molecule has 0 bridgehead atoms. The summed E-state index contributed by atoms with van der Waals surface area (Å²) in [5, 5.41) is 7.00. The lowest BCUT2D eigenvalue weighted by Crippen LogP contribution is -2.39. The van der Waals surface area contributed by atoms with E-state index in [-0.39, 0.29) is 18.3 Å². The van der Waals surface area contributed by atoms with E-state index in [1.807, 2.05) is 18.2 Å². The highest BCUT2D eigenvalue weighted by Gasteiger charge is 2.19. The van der Waals surface area contributed by atoms with Gasteiger partial charge in [-0.2, -0.15) is 0 Å². The maximum atomic E-state index is 12.2. The van der Waals surface area contributed by atoms with Crippen molar-refractivity contribution in [3.05, 3.63) is 34.4 Å². The summed E-state index contributed by atoms with van der Waals surface area (Å²) in [4.78, 5) is 12.2. The molecule has 1 amide bonds. The molecule has 2 N–H and O–H groups in total. The second-order valence-corrected chi connectivity index (χ2v) is 6.00. The summed E-state index contributed by atoms with van der Waals surface area (Å²) in [5.74, 6) is 1.24. The Kier molecular flexibility index (Phi) is 6.12. The number of piperidine rings is 1. The van der Waals surface area contributed by atoms with Gasteiger partial charge in [-0.3, -0.25) is 4.79 Å². The maximum absolute atomic E-state index is 12.2. The van der Waals surface area contributed by atoms with Gasteiger partial charge in [0.1, 0.15) is 12.4 Å². The molecule has 0 radical (unpaired) electrons. The minimum atomic E-state index is -0.0498. The van der Waals surface area contributed by atoms with E-state index in [4.69, 9.17) is 16.3 Å². The number of carbonyl (C=O) groups excluding carboxylic acids is 1. The van der Waals surface area contributed by atoms with E-state index in [1.165, 1.54) is 12.8 Å². The molecule has 4 nitrogen and oxygen atoms in total. The standard InChI is InChI=1S/C16H19ClN2O2.ClH/c17-14-3-4-15-12(7-14)6-13(10-21-15)16(20)19-9-11-2-1-5-18-8-11;/h3-4,6-7,11,18H,1-2,5,8-10H2,(H,19,20);1H. The maximum Gasteiger partial charge on any atom is 0.250 e. The fourth-order valence-corrected chi connectivity index (χ4v) is 2.91. The van der Waals surface area contributed by atoms with Gasteiger partial charge in [-0.15, -0.1) is 12.4 Å². The van der Waals surface area contributed by atoms with Gasteiger partial charge in [0.25, 0.3) is 5.91 Å². The molecule has 3 rings (SSSR count). The first-order valence-electron chi connectivity index (χ1n) is 7.34. The van der Waals surface area contributed by atoms with Crippen LogP contribution in [-0.2, 0) is 4.79 Å². The molecule has 1 atom stereocenters. The predicted molar refractivity (Wildman–Crippen MR) is 90.8 cm³/mol.